The maximum atomic E-state index is 5.79. The van der Waals surface area contributed by atoms with Crippen molar-refractivity contribution in [3.63, 3.8) is 0 Å². The van der Waals surface area contributed by atoms with Crippen molar-refractivity contribution < 1.29 is 0 Å². The van der Waals surface area contributed by atoms with Crippen LogP contribution < -0.4 is 5.73 Å². The largest absolute Gasteiger partial charge is 0.324 e. The first-order valence-electron chi connectivity index (χ1n) is 6.92. The molecule has 2 heterocycles. The third kappa shape index (κ3) is 2.56. The number of benzene rings is 1. The highest BCUT2D eigenvalue weighted by Gasteiger charge is 2.09. The summed E-state index contributed by atoms with van der Waals surface area (Å²) in [5.41, 5.74) is 9.00. The third-order valence-electron chi connectivity index (χ3n) is 3.46. The van der Waals surface area contributed by atoms with Gasteiger partial charge in [-0.2, -0.15) is 0 Å². The molecule has 3 rings (SSSR count). The zero-order valence-electron chi connectivity index (χ0n) is 11.4. The van der Waals surface area contributed by atoms with Crippen LogP contribution in [-0.2, 0) is 19.5 Å². The summed E-state index contributed by atoms with van der Waals surface area (Å²) in [5.74, 6) is 0.909. The smallest absolute Gasteiger partial charge is 0.160 e. The molecule has 0 saturated carbocycles. The van der Waals surface area contributed by atoms with Crippen molar-refractivity contribution in [1.82, 2.24) is 14.5 Å². The molecule has 4 nitrogen and oxygen atoms in total. The minimum Gasteiger partial charge on any atom is -0.324 e. The first-order chi connectivity index (χ1) is 9.88. The number of nitrogens with zero attached hydrogens (tertiary/aromatic N) is 3. The van der Waals surface area contributed by atoms with Gasteiger partial charge in [0, 0.05) is 12.7 Å². The molecule has 102 valence electrons. The fourth-order valence-corrected chi connectivity index (χ4v) is 2.48. The van der Waals surface area contributed by atoms with Gasteiger partial charge < -0.3 is 10.3 Å². The van der Waals surface area contributed by atoms with Crippen LogP contribution in [0.3, 0.4) is 0 Å². The average Bonchev–Trinajstić information content (AvgIpc) is 2.87. The number of aryl methyl sites for hydroxylation is 2. The number of pyridine rings is 1. The van der Waals surface area contributed by atoms with E-state index in [9.17, 15) is 0 Å². The van der Waals surface area contributed by atoms with E-state index in [1.807, 2.05) is 18.2 Å². The van der Waals surface area contributed by atoms with Crippen LogP contribution in [-0.4, -0.2) is 14.5 Å². The summed E-state index contributed by atoms with van der Waals surface area (Å²) in [6.07, 6.45) is 3.91. The predicted octanol–water partition coefficient (Wildman–Crippen LogP) is 2.52. The van der Waals surface area contributed by atoms with E-state index in [2.05, 4.69) is 38.8 Å². The Bertz CT molecular complexity index is 688. The molecule has 4 heteroatoms. The van der Waals surface area contributed by atoms with Crippen LogP contribution in [0.15, 0.2) is 48.7 Å². The molecule has 0 radical (unpaired) electrons. The second-order valence-corrected chi connectivity index (χ2v) is 4.82. The zero-order valence-corrected chi connectivity index (χ0v) is 11.4. The number of aromatic nitrogens is 3. The molecule has 3 aromatic rings. The molecule has 1 aromatic carbocycles. The van der Waals surface area contributed by atoms with Crippen molar-refractivity contribution in [1.29, 1.82) is 0 Å². The third-order valence-corrected chi connectivity index (χ3v) is 3.46. The lowest BCUT2D eigenvalue weighted by atomic mass is 10.1. The number of imidazole rings is 1. The quantitative estimate of drug-likeness (QED) is 0.772. The Balaban J connectivity index is 1.77. The molecule has 0 fully saturated rings. The van der Waals surface area contributed by atoms with Crippen molar-refractivity contribution in [3.05, 3.63) is 60.0 Å². The summed E-state index contributed by atoms with van der Waals surface area (Å²) in [6, 6.07) is 14.4. The molecule has 0 amide bonds. The standard InChI is InChI=1S/C16H18N4/c17-12-15-19-14-9-4-10-18-16(14)20(15)11-5-8-13-6-2-1-3-7-13/h1-4,6-7,9-10H,5,8,11-12,17H2. The molecule has 0 spiro atoms. The van der Waals surface area contributed by atoms with Crippen LogP contribution in [0.4, 0.5) is 0 Å². The average molecular weight is 266 g/mol. The molecule has 2 N–H and O–H groups in total. The van der Waals surface area contributed by atoms with Gasteiger partial charge in [-0.3, -0.25) is 0 Å². The second kappa shape index (κ2) is 5.84. The normalized spacial score (nSPS) is 11.1. The Morgan fingerprint density at radius 1 is 1.05 bits per heavy atom. The van der Waals surface area contributed by atoms with Gasteiger partial charge in [0.25, 0.3) is 0 Å². The molecule has 2 aromatic heterocycles. The number of hydrogen-bond acceptors (Lipinski definition) is 3. The van der Waals surface area contributed by atoms with E-state index in [0.717, 1.165) is 36.4 Å². The molecule has 0 atom stereocenters. The van der Waals surface area contributed by atoms with Crippen LogP contribution in [0.5, 0.6) is 0 Å². The van der Waals surface area contributed by atoms with E-state index in [1.165, 1.54) is 5.56 Å². The number of fused-ring (bicyclic) bond motifs is 1. The van der Waals surface area contributed by atoms with Crippen molar-refractivity contribution in [2.75, 3.05) is 0 Å². The van der Waals surface area contributed by atoms with E-state index in [4.69, 9.17) is 5.73 Å². The van der Waals surface area contributed by atoms with E-state index in [-0.39, 0.29) is 0 Å². The van der Waals surface area contributed by atoms with Crippen LogP contribution >= 0.6 is 0 Å². The highest BCUT2D eigenvalue weighted by atomic mass is 15.1. The van der Waals surface area contributed by atoms with Gasteiger partial charge in [-0.15, -0.1) is 0 Å². The van der Waals surface area contributed by atoms with E-state index in [0.29, 0.717) is 6.54 Å². The first-order valence-corrected chi connectivity index (χ1v) is 6.92. The summed E-state index contributed by atoms with van der Waals surface area (Å²) < 4.78 is 2.14. The minimum absolute atomic E-state index is 0.446. The molecule has 0 aliphatic carbocycles. The fourth-order valence-electron chi connectivity index (χ4n) is 2.48. The molecule has 0 saturated heterocycles. The minimum atomic E-state index is 0.446. The Hall–Kier alpha value is -2.20. The highest BCUT2D eigenvalue weighted by molar-refractivity contribution is 5.71. The summed E-state index contributed by atoms with van der Waals surface area (Å²) in [5, 5.41) is 0. The molecule has 20 heavy (non-hydrogen) atoms. The van der Waals surface area contributed by atoms with Gasteiger partial charge in [-0.05, 0) is 30.5 Å². The maximum absolute atomic E-state index is 5.79. The summed E-state index contributed by atoms with van der Waals surface area (Å²) in [4.78, 5) is 8.95. The molecule has 0 aliphatic rings. The van der Waals surface area contributed by atoms with E-state index < -0.39 is 0 Å². The Labute approximate surface area is 118 Å². The van der Waals surface area contributed by atoms with Gasteiger partial charge in [0.1, 0.15) is 11.3 Å². The van der Waals surface area contributed by atoms with Crippen LogP contribution in [0.1, 0.15) is 17.8 Å². The van der Waals surface area contributed by atoms with Crippen molar-refractivity contribution >= 4 is 11.2 Å². The highest BCUT2D eigenvalue weighted by Crippen LogP contribution is 2.14. The van der Waals surface area contributed by atoms with Crippen LogP contribution in [0.25, 0.3) is 11.2 Å². The molecular weight excluding hydrogens is 248 g/mol. The van der Waals surface area contributed by atoms with Gasteiger partial charge in [-0.25, -0.2) is 9.97 Å². The number of hydrogen-bond donors (Lipinski definition) is 1. The number of nitrogens with two attached hydrogens (primary N) is 1. The van der Waals surface area contributed by atoms with Crippen molar-refractivity contribution in [2.45, 2.75) is 25.9 Å². The topological polar surface area (TPSA) is 56.7 Å². The van der Waals surface area contributed by atoms with Gasteiger partial charge in [-0.1, -0.05) is 30.3 Å². The lowest BCUT2D eigenvalue weighted by molar-refractivity contribution is 0.622. The van der Waals surface area contributed by atoms with Gasteiger partial charge >= 0.3 is 0 Å². The van der Waals surface area contributed by atoms with E-state index in [1.54, 1.807) is 6.20 Å². The molecule has 0 unspecified atom stereocenters. The lowest BCUT2D eigenvalue weighted by Crippen LogP contribution is -2.09. The van der Waals surface area contributed by atoms with Gasteiger partial charge in [0.15, 0.2) is 5.65 Å². The monoisotopic (exact) mass is 266 g/mol. The predicted molar refractivity (Wildman–Crippen MR) is 80.2 cm³/mol. The summed E-state index contributed by atoms with van der Waals surface area (Å²) >= 11 is 0. The molecule has 0 bridgehead atoms. The summed E-state index contributed by atoms with van der Waals surface area (Å²) in [7, 11) is 0. The fraction of sp³-hybridized carbons (Fsp3) is 0.250. The van der Waals surface area contributed by atoms with Crippen molar-refractivity contribution in [2.24, 2.45) is 5.73 Å². The lowest BCUT2D eigenvalue weighted by Gasteiger charge is -2.07. The maximum Gasteiger partial charge on any atom is 0.160 e. The van der Waals surface area contributed by atoms with Gasteiger partial charge in [0.05, 0.1) is 6.54 Å². The van der Waals surface area contributed by atoms with Crippen molar-refractivity contribution in [3.8, 4) is 0 Å². The van der Waals surface area contributed by atoms with Gasteiger partial charge in [0.2, 0.25) is 0 Å². The summed E-state index contributed by atoms with van der Waals surface area (Å²) in [6.45, 7) is 1.34. The Morgan fingerprint density at radius 3 is 2.70 bits per heavy atom. The molecular formula is C16H18N4. The van der Waals surface area contributed by atoms with Crippen LogP contribution in [0.2, 0.25) is 0 Å². The zero-order chi connectivity index (χ0) is 13.8. The Kier molecular flexibility index (Phi) is 3.74. The second-order valence-electron chi connectivity index (χ2n) is 4.82. The SMILES string of the molecule is NCc1nc2cccnc2n1CCCc1ccccc1. The Morgan fingerprint density at radius 2 is 1.90 bits per heavy atom. The first kappa shape index (κ1) is 12.8. The molecule has 0 aliphatic heterocycles. The van der Waals surface area contributed by atoms with Crippen LogP contribution in [0, 0.1) is 0 Å². The number of rotatable bonds is 5. The van der Waals surface area contributed by atoms with E-state index >= 15 is 0 Å².